The minimum absolute atomic E-state index is 0.304. The summed E-state index contributed by atoms with van der Waals surface area (Å²) in [5, 5.41) is 3.00. The molecule has 0 spiro atoms. The highest BCUT2D eigenvalue weighted by Crippen LogP contribution is 2.14. The molecule has 2 atom stereocenters. The van der Waals surface area contributed by atoms with Crippen molar-refractivity contribution in [2.24, 2.45) is 5.73 Å². The predicted octanol–water partition coefficient (Wildman–Crippen LogP) is 0.0892. The van der Waals surface area contributed by atoms with E-state index in [4.69, 9.17) is 19.9 Å². The number of rotatable bonds is 8. The molecule has 3 rings (SSSR count). The zero-order valence-electron chi connectivity index (χ0n) is 16.1. The Morgan fingerprint density at radius 1 is 1.25 bits per heavy atom. The normalized spacial score (nSPS) is 21.2. The summed E-state index contributed by atoms with van der Waals surface area (Å²) in [4.78, 5) is 26.2. The highest BCUT2D eigenvalue weighted by atomic mass is 16.6. The van der Waals surface area contributed by atoms with E-state index in [1.807, 2.05) is 24.3 Å². The van der Waals surface area contributed by atoms with Gasteiger partial charge in [-0.15, -0.1) is 0 Å². The Labute approximate surface area is 165 Å². The number of morpholine rings is 1. The van der Waals surface area contributed by atoms with E-state index < -0.39 is 24.0 Å². The first-order valence-electron chi connectivity index (χ1n) is 9.88. The molecule has 0 unspecified atom stereocenters. The predicted molar refractivity (Wildman–Crippen MR) is 103 cm³/mol. The van der Waals surface area contributed by atoms with Crippen molar-refractivity contribution >= 4 is 11.9 Å². The Balaban J connectivity index is 1.38. The molecule has 0 aromatic heterocycles. The lowest BCUT2D eigenvalue weighted by atomic mass is 10.1. The average molecular weight is 391 g/mol. The summed E-state index contributed by atoms with van der Waals surface area (Å²) in [6, 6.07) is 6.19. The van der Waals surface area contributed by atoms with Crippen LogP contribution in [0.3, 0.4) is 0 Å². The molecule has 2 fully saturated rings. The van der Waals surface area contributed by atoms with Gasteiger partial charge in [-0.05, 0) is 43.5 Å². The molecule has 2 aliphatic heterocycles. The summed E-state index contributed by atoms with van der Waals surface area (Å²) < 4.78 is 16.0. The molecular weight excluding hydrogens is 362 g/mol. The second-order valence-electron chi connectivity index (χ2n) is 7.15. The van der Waals surface area contributed by atoms with E-state index in [1.54, 1.807) is 0 Å². The summed E-state index contributed by atoms with van der Waals surface area (Å²) in [6.07, 6.45) is 1.90. The molecule has 0 saturated carbocycles. The molecule has 0 radical (unpaired) electrons. The van der Waals surface area contributed by atoms with Gasteiger partial charge in [-0.25, -0.2) is 9.59 Å². The molecule has 0 amide bonds. The van der Waals surface area contributed by atoms with E-state index in [0.717, 1.165) is 57.1 Å². The third-order valence-electron chi connectivity index (χ3n) is 5.01. The number of carbonyl (C=O) groups is 2. The zero-order valence-corrected chi connectivity index (χ0v) is 16.1. The summed E-state index contributed by atoms with van der Waals surface area (Å²) in [7, 11) is 0. The first kappa shape index (κ1) is 20.7. The van der Waals surface area contributed by atoms with Crippen LogP contribution in [0.15, 0.2) is 24.3 Å². The maximum atomic E-state index is 12.0. The van der Waals surface area contributed by atoms with E-state index in [-0.39, 0.29) is 0 Å². The molecule has 154 valence electrons. The standard InChI is InChI=1S/C20H29N3O5/c21-17(19(24)28-20(25)18-2-1-7-22-18)14-15-3-5-16(6-4-15)27-13-10-23-8-11-26-12-9-23/h3-6,17-18,22H,1-2,7-14,21H2/t17-,18-/m0/s1. The van der Waals surface area contributed by atoms with Crippen molar-refractivity contribution in [3.8, 4) is 5.75 Å². The molecule has 2 aliphatic rings. The molecule has 3 N–H and O–H groups in total. The van der Waals surface area contributed by atoms with Gasteiger partial charge in [-0.3, -0.25) is 4.90 Å². The quantitative estimate of drug-likeness (QED) is 0.475. The van der Waals surface area contributed by atoms with E-state index in [0.29, 0.717) is 19.4 Å². The number of nitrogens with zero attached hydrogens (tertiary/aromatic N) is 1. The number of hydrogen-bond acceptors (Lipinski definition) is 8. The van der Waals surface area contributed by atoms with E-state index in [2.05, 4.69) is 10.2 Å². The van der Waals surface area contributed by atoms with Gasteiger partial charge in [0.15, 0.2) is 0 Å². The van der Waals surface area contributed by atoms with Crippen molar-refractivity contribution < 1.29 is 23.8 Å². The number of esters is 2. The Kier molecular flexibility index (Phi) is 7.79. The molecule has 8 nitrogen and oxygen atoms in total. The van der Waals surface area contributed by atoms with Crippen molar-refractivity contribution in [2.45, 2.75) is 31.3 Å². The molecule has 8 heteroatoms. The van der Waals surface area contributed by atoms with Crippen LogP contribution >= 0.6 is 0 Å². The van der Waals surface area contributed by atoms with Gasteiger partial charge in [-0.1, -0.05) is 12.1 Å². The monoisotopic (exact) mass is 391 g/mol. The van der Waals surface area contributed by atoms with E-state index >= 15 is 0 Å². The van der Waals surface area contributed by atoms with Gasteiger partial charge in [0.1, 0.15) is 24.4 Å². The molecule has 28 heavy (non-hydrogen) atoms. The third kappa shape index (κ3) is 6.27. The van der Waals surface area contributed by atoms with Crippen LogP contribution in [-0.4, -0.2) is 74.9 Å². The number of ether oxygens (including phenoxy) is 3. The number of hydrogen-bond donors (Lipinski definition) is 2. The topological polar surface area (TPSA) is 103 Å². The van der Waals surface area contributed by atoms with E-state index in [1.165, 1.54) is 0 Å². The number of nitrogens with one attached hydrogen (secondary N) is 1. The van der Waals surface area contributed by atoms with Crippen molar-refractivity contribution in [2.75, 3.05) is 46.0 Å². The van der Waals surface area contributed by atoms with Crippen LogP contribution in [0, 0.1) is 0 Å². The van der Waals surface area contributed by atoms with Crippen LogP contribution < -0.4 is 15.8 Å². The molecular formula is C20H29N3O5. The smallest absolute Gasteiger partial charge is 0.330 e. The fraction of sp³-hybridized carbons (Fsp3) is 0.600. The van der Waals surface area contributed by atoms with Crippen LogP contribution in [0.4, 0.5) is 0 Å². The third-order valence-corrected chi connectivity index (χ3v) is 5.01. The van der Waals surface area contributed by atoms with Gasteiger partial charge in [0.2, 0.25) is 0 Å². The minimum Gasteiger partial charge on any atom is -0.492 e. The van der Waals surface area contributed by atoms with Gasteiger partial charge in [-0.2, -0.15) is 0 Å². The maximum Gasteiger partial charge on any atom is 0.330 e. The first-order valence-corrected chi connectivity index (χ1v) is 9.88. The fourth-order valence-corrected chi connectivity index (χ4v) is 3.31. The Bertz CT molecular complexity index is 640. The van der Waals surface area contributed by atoms with Gasteiger partial charge in [0.25, 0.3) is 0 Å². The lowest BCUT2D eigenvalue weighted by molar-refractivity contribution is -0.161. The summed E-state index contributed by atoms with van der Waals surface area (Å²) in [5.41, 5.74) is 6.79. The van der Waals surface area contributed by atoms with Gasteiger partial charge in [0.05, 0.1) is 13.2 Å². The van der Waals surface area contributed by atoms with E-state index in [9.17, 15) is 9.59 Å². The molecule has 2 heterocycles. The van der Waals surface area contributed by atoms with Gasteiger partial charge in [0, 0.05) is 19.6 Å². The number of benzene rings is 1. The maximum absolute atomic E-state index is 12.0. The SMILES string of the molecule is N[C@@H](Cc1ccc(OCCN2CCOCC2)cc1)C(=O)OC(=O)[C@@H]1CCCN1. The Morgan fingerprint density at radius 2 is 2.00 bits per heavy atom. The second-order valence-corrected chi connectivity index (χ2v) is 7.15. The van der Waals surface area contributed by atoms with Crippen molar-refractivity contribution in [3.63, 3.8) is 0 Å². The van der Waals surface area contributed by atoms with Crippen molar-refractivity contribution in [1.29, 1.82) is 0 Å². The van der Waals surface area contributed by atoms with Crippen LogP contribution in [0.2, 0.25) is 0 Å². The number of carbonyl (C=O) groups excluding carboxylic acids is 2. The summed E-state index contributed by atoms with van der Waals surface area (Å²) in [6.45, 7) is 5.68. The van der Waals surface area contributed by atoms with Crippen LogP contribution in [0.1, 0.15) is 18.4 Å². The average Bonchev–Trinajstić information content (AvgIpc) is 3.25. The first-order chi connectivity index (χ1) is 13.6. The molecule has 1 aromatic carbocycles. The molecule has 2 saturated heterocycles. The van der Waals surface area contributed by atoms with Gasteiger partial charge >= 0.3 is 11.9 Å². The van der Waals surface area contributed by atoms with Crippen LogP contribution in [0.25, 0.3) is 0 Å². The highest BCUT2D eigenvalue weighted by molar-refractivity contribution is 5.91. The van der Waals surface area contributed by atoms with Crippen LogP contribution in [-0.2, 0) is 25.5 Å². The van der Waals surface area contributed by atoms with Gasteiger partial charge < -0.3 is 25.3 Å². The Morgan fingerprint density at radius 3 is 2.68 bits per heavy atom. The summed E-state index contributed by atoms with van der Waals surface area (Å²) >= 11 is 0. The lowest BCUT2D eigenvalue weighted by Gasteiger charge is -2.26. The molecule has 0 aliphatic carbocycles. The second kappa shape index (κ2) is 10.5. The fourth-order valence-electron chi connectivity index (χ4n) is 3.31. The number of nitrogens with two attached hydrogens (primary N) is 1. The zero-order chi connectivity index (χ0) is 19.8. The van der Waals surface area contributed by atoms with Crippen molar-refractivity contribution in [1.82, 2.24) is 10.2 Å². The lowest BCUT2D eigenvalue weighted by Crippen LogP contribution is -2.40. The molecule has 0 bridgehead atoms. The highest BCUT2D eigenvalue weighted by Gasteiger charge is 2.27. The minimum atomic E-state index is -0.876. The van der Waals surface area contributed by atoms with Crippen LogP contribution in [0.5, 0.6) is 5.75 Å². The summed E-state index contributed by atoms with van der Waals surface area (Å²) in [5.74, 6) is -0.456. The molecule has 1 aromatic rings. The largest absolute Gasteiger partial charge is 0.492 e. The van der Waals surface area contributed by atoms with Crippen molar-refractivity contribution in [3.05, 3.63) is 29.8 Å². The Hall–Kier alpha value is -2.00.